The molecule has 7 nitrogen and oxygen atoms in total. The van der Waals surface area contributed by atoms with E-state index in [1.165, 1.54) is 55.6 Å². The van der Waals surface area contributed by atoms with Gasteiger partial charge in [-0.3, -0.25) is 4.57 Å². The average Bonchev–Trinajstić information content (AvgIpc) is 1.47. The SMILES string of the molecule is CC1C=CC2=C(C1)C1(c3ccccc3-c3ccccc31)c1ccc3c(c1O2)c1cc(-c2ccc4c(c2)-c2ccccc2C42c4ccccc4Oc4c2ccc2c4c4ccccc4n2-c2nc(-c4ccccc4)c4oc5ccccc5c4n2)ccc1n3-c1ccccc1. The third kappa shape index (κ3) is 6.34. The van der Waals surface area contributed by atoms with Gasteiger partial charge in [0.2, 0.25) is 5.95 Å². The molecule has 21 rings (SSSR count). The van der Waals surface area contributed by atoms with Crippen LogP contribution >= 0.6 is 0 Å². The highest BCUT2D eigenvalue weighted by atomic mass is 16.5. The summed E-state index contributed by atoms with van der Waals surface area (Å²) in [6.45, 7) is 2.33. The fourth-order valence-corrected chi connectivity index (χ4v) is 17.2. The van der Waals surface area contributed by atoms with Gasteiger partial charge in [0.05, 0.1) is 43.7 Å². The van der Waals surface area contributed by atoms with Crippen LogP contribution < -0.4 is 9.47 Å². The van der Waals surface area contributed by atoms with Crippen molar-refractivity contribution < 1.29 is 13.9 Å². The van der Waals surface area contributed by atoms with Gasteiger partial charge in [0.1, 0.15) is 39.8 Å². The van der Waals surface area contributed by atoms with Crippen LogP contribution in [-0.4, -0.2) is 19.1 Å². The lowest BCUT2D eigenvalue weighted by Gasteiger charge is -2.43. The van der Waals surface area contributed by atoms with Crippen molar-refractivity contribution in [3.63, 3.8) is 0 Å². The van der Waals surface area contributed by atoms with Crippen molar-refractivity contribution in [2.75, 3.05) is 0 Å². The summed E-state index contributed by atoms with van der Waals surface area (Å²) in [6.07, 6.45) is 5.48. The summed E-state index contributed by atoms with van der Waals surface area (Å²) in [7, 11) is 0. The minimum absolute atomic E-state index is 0.360. The summed E-state index contributed by atoms with van der Waals surface area (Å²) in [5, 5.41) is 5.23. The highest BCUT2D eigenvalue weighted by molar-refractivity contribution is 6.16. The van der Waals surface area contributed by atoms with Crippen LogP contribution in [0.5, 0.6) is 17.2 Å². The van der Waals surface area contributed by atoms with Crippen LogP contribution in [0.15, 0.2) is 295 Å². The van der Waals surface area contributed by atoms with Crippen LogP contribution in [0.1, 0.15) is 52.3 Å². The number of hydrogen-bond donors (Lipinski definition) is 0. The molecule has 0 saturated heterocycles. The largest absolute Gasteiger partial charge is 0.456 e. The van der Waals surface area contributed by atoms with E-state index >= 15 is 0 Å². The molecule has 6 heterocycles. The summed E-state index contributed by atoms with van der Waals surface area (Å²) in [5.41, 5.74) is 24.8. The predicted molar refractivity (Wildman–Crippen MR) is 369 cm³/mol. The number of hydrogen-bond acceptors (Lipinski definition) is 5. The van der Waals surface area contributed by atoms with Gasteiger partial charge in [-0.2, -0.15) is 0 Å². The van der Waals surface area contributed by atoms with Crippen LogP contribution in [-0.2, 0) is 10.8 Å². The molecular formula is C85H52N4O3. The molecule has 12 aromatic carbocycles. The molecule has 0 bridgehead atoms. The second-order valence-electron chi connectivity index (χ2n) is 25.4. The molecule has 7 heteroatoms. The lowest BCUT2D eigenvalue weighted by atomic mass is 9.63. The van der Waals surface area contributed by atoms with E-state index in [4.69, 9.17) is 23.9 Å². The van der Waals surface area contributed by atoms with Crippen molar-refractivity contribution in [3.05, 3.63) is 329 Å². The number of rotatable bonds is 4. The number of aromatic nitrogens is 4. The molecule has 0 amide bonds. The molecule has 0 radical (unpaired) electrons. The normalized spacial score (nSPS) is 16.8. The fraction of sp³-hybridized carbons (Fsp3) is 0.0588. The Morgan fingerprint density at radius 1 is 0.413 bits per heavy atom. The van der Waals surface area contributed by atoms with Gasteiger partial charge < -0.3 is 18.5 Å². The van der Waals surface area contributed by atoms with E-state index in [0.717, 1.165) is 129 Å². The summed E-state index contributed by atoms with van der Waals surface area (Å²) >= 11 is 0. The molecule has 2 atom stereocenters. The topological polar surface area (TPSA) is 67.2 Å². The Morgan fingerprint density at radius 2 is 0.967 bits per heavy atom. The molecule has 3 aliphatic carbocycles. The first-order valence-electron chi connectivity index (χ1n) is 31.8. The molecule has 0 fully saturated rings. The second-order valence-corrected chi connectivity index (χ2v) is 25.4. The Balaban J connectivity index is 0.783. The van der Waals surface area contributed by atoms with E-state index in [2.05, 4.69) is 259 Å². The standard InChI is InChI=1S/C85H52N4O3/c1-49-36-45-75-68(46-49)85(61-29-13-8-24-54(61)55-25-9-14-30-62(55)85)67-40-43-71-77(81(67)92-75)60-48-52(38-42-70(60)88(71)53-22-6-3-7-23-53)51-37-39-64-59(47-51)56-26-10-15-31-63(56)84(64)65-32-16-19-35-74(65)91-80-66(84)41-44-72-76(80)57-27-11-17-33-69(57)89(72)83-86-78(50-20-4-2-5-21-50)82-79(87-83)58-28-12-18-34-73(58)90-82/h2-45,47-49H,46H2,1H3. The number of para-hydroxylation sites is 4. The monoisotopic (exact) mass is 1180 g/mol. The zero-order valence-corrected chi connectivity index (χ0v) is 49.9. The van der Waals surface area contributed by atoms with E-state index < -0.39 is 10.8 Å². The predicted octanol–water partition coefficient (Wildman–Crippen LogP) is 20.9. The molecule has 0 saturated carbocycles. The Labute approximate surface area is 528 Å². The smallest absolute Gasteiger partial charge is 0.236 e. The van der Waals surface area contributed by atoms with Gasteiger partial charge in [0, 0.05) is 44.1 Å². The lowest BCUT2D eigenvalue weighted by molar-refractivity contribution is 0.385. The number of allylic oxidation sites excluding steroid dienone is 3. The number of nitrogens with zero attached hydrogens (tertiary/aromatic N) is 4. The summed E-state index contributed by atoms with van der Waals surface area (Å²) < 4.78 is 26.2. The Bertz CT molecular complexity index is 5980. The Morgan fingerprint density at radius 3 is 1.75 bits per heavy atom. The van der Waals surface area contributed by atoms with Gasteiger partial charge in [0.15, 0.2) is 5.58 Å². The van der Waals surface area contributed by atoms with Crippen LogP contribution in [0.2, 0.25) is 0 Å². The van der Waals surface area contributed by atoms with Gasteiger partial charge >= 0.3 is 0 Å². The average molecular weight is 1180 g/mol. The number of fused-ring (bicyclic) bond motifs is 28. The summed E-state index contributed by atoms with van der Waals surface area (Å²) in [4.78, 5) is 10.9. The molecule has 430 valence electrons. The van der Waals surface area contributed by atoms with Gasteiger partial charge in [-0.25, -0.2) is 9.97 Å². The van der Waals surface area contributed by atoms with Crippen molar-refractivity contribution in [1.29, 1.82) is 0 Å². The van der Waals surface area contributed by atoms with Crippen molar-refractivity contribution in [1.82, 2.24) is 19.1 Å². The van der Waals surface area contributed by atoms with Crippen molar-refractivity contribution in [3.8, 4) is 73.5 Å². The van der Waals surface area contributed by atoms with E-state index in [1.54, 1.807) is 0 Å². The minimum Gasteiger partial charge on any atom is -0.456 e. The van der Waals surface area contributed by atoms with E-state index in [1.807, 2.05) is 36.4 Å². The first-order chi connectivity index (χ1) is 45.5. The van der Waals surface area contributed by atoms with Crippen LogP contribution in [0.25, 0.3) is 122 Å². The molecule has 2 unspecified atom stereocenters. The highest BCUT2D eigenvalue weighted by Crippen LogP contribution is 2.66. The van der Waals surface area contributed by atoms with E-state index in [-0.39, 0.29) is 0 Å². The third-order valence-corrected chi connectivity index (χ3v) is 20.8. The maximum absolute atomic E-state index is 7.52. The first kappa shape index (κ1) is 50.1. The van der Waals surface area contributed by atoms with Gasteiger partial charge in [-0.1, -0.05) is 213 Å². The fourth-order valence-electron chi connectivity index (χ4n) is 17.2. The number of ether oxygens (including phenoxy) is 2. The first-order valence-corrected chi connectivity index (χ1v) is 31.8. The third-order valence-electron chi connectivity index (χ3n) is 20.8. The highest BCUT2D eigenvalue weighted by Gasteiger charge is 2.54. The molecule has 2 spiro atoms. The maximum Gasteiger partial charge on any atom is 0.236 e. The quantitative estimate of drug-likeness (QED) is 0.176. The van der Waals surface area contributed by atoms with Gasteiger partial charge in [-0.05, 0) is 146 Å². The Kier molecular flexibility index (Phi) is 9.90. The summed E-state index contributed by atoms with van der Waals surface area (Å²) in [6, 6.07) is 97.2. The molecule has 16 aromatic rings. The van der Waals surface area contributed by atoms with Crippen molar-refractivity contribution >= 4 is 65.7 Å². The summed E-state index contributed by atoms with van der Waals surface area (Å²) in [5.74, 6) is 4.42. The van der Waals surface area contributed by atoms with Crippen LogP contribution in [0, 0.1) is 5.92 Å². The molecule has 5 aliphatic rings. The molecule has 92 heavy (non-hydrogen) atoms. The van der Waals surface area contributed by atoms with E-state index in [0.29, 0.717) is 17.4 Å². The van der Waals surface area contributed by atoms with Crippen molar-refractivity contribution in [2.24, 2.45) is 5.92 Å². The zero-order chi connectivity index (χ0) is 60.1. The second kappa shape index (κ2) is 18.2. The molecular weight excluding hydrogens is 1120 g/mol. The van der Waals surface area contributed by atoms with Crippen molar-refractivity contribution in [2.45, 2.75) is 24.2 Å². The lowest BCUT2D eigenvalue weighted by Crippen LogP contribution is -2.36. The maximum atomic E-state index is 7.52. The Hall–Kier alpha value is -11.8. The van der Waals surface area contributed by atoms with Gasteiger partial charge in [0.25, 0.3) is 0 Å². The number of furan rings is 1. The van der Waals surface area contributed by atoms with Crippen LogP contribution in [0.4, 0.5) is 0 Å². The van der Waals surface area contributed by atoms with Crippen LogP contribution in [0.3, 0.4) is 0 Å². The van der Waals surface area contributed by atoms with Gasteiger partial charge in [-0.15, -0.1) is 0 Å². The zero-order valence-electron chi connectivity index (χ0n) is 49.9. The molecule has 2 aliphatic heterocycles. The molecule has 0 N–H and O–H groups in total. The van der Waals surface area contributed by atoms with E-state index in [9.17, 15) is 0 Å². The number of benzene rings is 12. The minimum atomic E-state index is -0.743. The molecule has 4 aromatic heterocycles.